The molecule has 0 saturated carbocycles. The van der Waals surface area contributed by atoms with E-state index >= 15 is 0 Å². The minimum Gasteiger partial charge on any atom is -0.481 e. The molecule has 3 aromatic carbocycles. The maximum atomic E-state index is 13.9. The average molecular weight is 480 g/mol. The predicted molar refractivity (Wildman–Crippen MR) is 126 cm³/mol. The second-order valence-corrected chi connectivity index (χ2v) is 9.98. The molecule has 0 amide bonds. The van der Waals surface area contributed by atoms with E-state index in [1.54, 1.807) is 37.3 Å². The van der Waals surface area contributed by atoms with Gasteiger partial charge in [0.25, 0.3) is 10.0 Å². The molecular formula is C25H22FN3O4S. The van der Waals surface area contributed by atoms with E-state index in [-0.39, 0.29) is 17.0 Å². The van der Waals surface area contributed by atoms with Gasteiger partial charge in [0.05, 0.1) is 34.7 Å². The minimum absolute atomic E-state index is 0.0357. The van der Waals surface area contributed by atoms with Gasteiger partial charge in [0.2, 0.25) is 0 Å². The lowest BCUT2D eigenvalue weighted by Crippen LogP contribution is -2.37. The molecule has 0 bridgehead atoms. The van der Waals surface area contributed by atoms with Crippen LogP contribution in [-0.4, -0.2) is 32.6 Å². The molecule has 1 heterocycles. The first-order valence-corrected chi connectivity index (χ1v) is 12.0. The van der Waals surface area contributed by atoms with Gasteiger partial charge in [0.1, 0.15) is 5.82 Å². The van der Waals surface area contributed by atoms with Gasteiger partial charge in [0.15, 0.2) is 0 Å². The van der Waals surface area contributed by atoms with E-state index in [1.807, 2.05) is 18.0 Å². The summed E-state index contributed by atoms with van der Waals surface area (Å²) in [4.78, 5) is 13.3. The Morgan fingerprint density at radius 2 is 1.82 bits per heavy atom. The van der Waals surface area contributed by atoms with Crippen LogP contribution in [0.2, 0.25) is 0 Å². The maximum absolute atomic E-state index is 13.9. The van der Waals surface area contributed by atoms with Crippen LogP contribution in [-0.2, 0) is 14.8 Å². The number of nitrogens with zero attached hydrogens (tertiary/aromatic N) is 3. The fourth-order valence-corrected chi connectivity index (χ4v) is 6.09. The van der Waals surface area contributed by atoms with Crippen LogP contribution in [0.3, 0.4) is 0 Å². The number of hydrogen-bond donors (Lipinski definition) is 1. The molecule has 1 N–H and O–H groups in total. The summed E-state index contributed by atoms with van der Waals surface area (Å²) < 4.78 is 42.3. The first-order chi connectivity index (χ1) is 16.1. The monoisotopic (exact) mass is 479 g/mol. The van der Waals surface area contributed by atoms with E-state index in [0.29, 0.717) is 11.1 Å². The van der Waals surface area contributed by atoms with Crippen molar-refractivity contribution in [3.05, 3.63) is 83.7 Å². The Kier molecular flexibility index (Phi) is 6.02. The summed E-state index contributed by atoms with van der Waals surface area (Å²) in [6.45, 7) is 1.63. The van der Waals surface area contributed by atoms with Crippen LogP contribution >= 0.6 is 0 Å². The fraction of sp³-hybridized carbons (Fsp3) is 0.200. The summed E-state index contributed by atoms with van der Waals surface area (Å²) in [6, 6.07) is 18.5. The molecule has 7 nitrogen and oxygen atoms in total. The highest BCUT2D eigenvalue weighted by Gasteiger charge is 2.43. The Morgan fingerprint density at radius 1 is 1.12 bits per heavy atom. The Labute approximate surface area is 197 Å². The molecule has 9 heteroatoms. The van der Waals surface area contributed by atoms with Crippen LogP contribution in [0.25, 0.3) is 0 Å². The zero-order chi connectivity index (χ0) is 24.6. The topological polar surface area (TPSA) is 102 Å². The van der Waals surface area contributed by atoms with Crippen LogP contribution in [0.1, 0.15) is 30.4 Å². The van der Waals surface area contributed by atoms with Crippen molar-refractivity contribution in [1.29, 1.82) is 5.26 Å². The third kappa shape index (κ3) is 4.08. The van der Waals surface area contributed by atoms with Crippen LogP contribution in [0.15, 0.2) is 71.6 Å². The highest BCUT2D eigenvalue weighted by atomic mass is 32.2. The van der Waals surface area contributed by atoms with E-state index in [9.17, 15) is 22.7 Å². The molecule has 0 saturated heterocycles. The molecule has 0 radical (unpaired) electrons. The number of carboxylic acids is 1. The average Bonchev–Trinajstić information content (AvgIpc) is 3.09. The molecule has 0 fully saturated rings. The quantitative estimate of drug-likeness (QED) is 0.554. The van der Waals surface area contributed by atoms with Gasteiger partial charge in [-0.2, -0.15) is 5.26 Å². The van der Waals surface area contributed by atoms with Crippen molar-refractivity contribution in [3.8, 4) is 6.07 Å². The van der Waals surface area contributed by atoms with E-state index < -0.39 is 33.8 Å². The molecule has 3 aromatic rings. The van der Waals surface area contributed by atoms with Gasteiger partial charge >= 0.3 is 5.97 Å². The zero-order valence-electron chi connectivity index (χ0n) is 18.5. The number of carboxylic acid groups (broad SMARTS) is 1. The van der Waals surface area contributed by atoms with Crippen molar-refractivity contribution in [2.45, 2.75) is 30.2 Å². The summed E-state index contributed by atoms with van der Waals surface area (Å²) in [7, 11) is -2.23. The third-order valence-electron chi connectivity index (χ3n) is 6.12. The van der Waals surface area contributed by atoms with Crippen molar-refractivity contribution in [1.82, 2.24) is 0 Å². The maximum Gasteiger partial charge on any atom is 0.304 e. The van der Waals surface area contributed by atoms with Crippen molar-refractivity contribution in [2.24, 2.45) is 0 Å². The summed E-state index contributed by atoms with van der Waals surface area (Å²) >= 11 is 0. The predicted octanol–water partition coefficient (Wildman–Crippen LogP) is 4.62. The standard InChI is InChI=1S/C25H22FN3O4S/c1-16-22(14-25(30)31)23-13-18(26)6-11-24(23)29(16)34(32,33)21-9-7-19(8-10-21)28(2)20-5-3-4-17(12-20)15-27/h3-13,16,22H,14H2,1-2H3,(H,30,31). The molecular weight excluding hydrogens is 457 g/mol. The Balaban J connectivity index is 1.68. The van der Waals surface area contributed by atoms with Crippen molar-refractivity contribution >= 4 is 33.1 Å². The first kappa shape index (κ1) is 23.3. The Hall–Kier alpha value is -3.90. The first-order valence-electron chi connectivity index (χ1n) is 10.5. The number of nitriles is 1. The lowest BCUT2D eigenvalue weighted by molar-refractivity contribution is -0.137. The number of aliphatic carboxylic acids is 1. The summed E-state index contributed by atoms with van der Waals surface area (Å²) in [5, 5.41) is 18.4. The smallest absolute Gasteiger partial charge is 0.304 e. The van der Waals surface area contributed by atoms with Crippen LogP contribution in [0, 0.1) is 17.1 Å². The van der Waals surface area contributed by atoms with E-state index in [2.05, 4.69) is 6.07 Å². The van der Waals surface area contributed by atoms with Crippen molar-refractivity contribution in [3.63, 3.8) is 0 Å². The van der Waals surface area contributed by atoms with Crippen molar-refractivity contribution in [2.75, 3.05) is 16.3 Å². The van der Waals surface area contributed by atoms with Crippen LogP contribution < -0.4 is 9.21 Å². The fourth-order valence-electron chi connectivity index (χ4n) is 4.37. The number of anilines is 3. The van der Waals surface area contributed by atoms with Gasteiger partial charge in [-0.3, -0.25) is 9.10 Å². The van der Waals surface area contributed by atoms with Gasteiger partial charge in [-0.1, -0.05) is 6.07 Å². The number of benzene rings is 3. The highest BCUT2D eigenvalue weighted by molar-refractivity contribution is 7.92. The minimum atomic E-state index is -4.04. The summed E-state index contributed by atoms with van der Waals surface area (Å²) in [5.74, 6) is -2.30. The van der Waals surface area contributed by atoms with Crippen LogP contribution in [0.4, 0.5) is 21.5 Å². The number of hydrogen-bond acceptors (Lipinski definition) is 5. The molecule has 4 rings (SSSR count). The van der Waals surface area contributed by atoms with Crippen LogP contribution in [0.5, 0.6) is 0 Å². The second-order valence-electron chi connectivity index (χ2n) is 8.16. The molecule has 2 unspecified atom stereocenters. The van der Waals surface area contributed by atoms with Gasteiger partial charge < -0.3 is 10.0 Å². The number of rotatable bonds is 6. The molecule has 0 aromatic heterocycles. The highest BCUT2D eigenvalue weighted by Crippen LogP contribution is 2.46. The van der Waals surface area contributed by atoms with Gasteiger partial charge in [-0.25, -0.2) is 12.8 Å². The molecule has 1 aliphatic heterocycles. The Morgan fingerprint density at radius 3 is 2.47 bits per heavy atom. The van der Waals surface area contributed by atoms with Gasteiger partial charge in [-0.05, 0) is 73.2 Å². The number of halogens is 1. The lowest BCUT2D eigenvalue weighted by atomic mass is 9.93. The SMILES string of the molecule is CC1C(CC(=O)O)c2cc(F)ccc2N1S(=O)(=O)c1ccc(N(C)c2cccc(C#N)c2)cc1. The third-order valence-corrected chi connectivity index (χ3v) is 8.03. The molecule has 2 atom stereocenters. The Bertz CT molecular complexity index is 1400. The zero-order valence-corrected chi connectivity index (χ0v) is 19.3. The number of carbonyl (C=O) groups is 1. The summed E-state index contributed by atoms with van der Waals surface area (Å²) in [6.07, 6.45) is -0.310. The van der Waals surface area contributed by atoms with Gasteiger partial charge in [-0.15, -0.1) is 0 Å². The largest absolute Gasteiger partial charge is 0.481 e. The van der Waals surface area contributed by atoms with Gasteiger partial charge in [0, 0.05) is 24.3 Å². The molecule has 0 aliphatic carbocycles. The second kappa shape index (κ2) is 8.80. The molecule has 174 valence electrons. The summed E-state index contributed by atoms with van der Waals surface area (Å²) in [5.41, 5.74) is 2.66. The lowest BCUT2D eigenvalue weighted by Gasteiger charge is -2.27. The van der Waals surface area contributed by atoms with Crippen molar-refractivity contribution < 1.29 is 22.7 Å². The number of sulfonamides is 1. The normalized spacial score (nSPS) is 17.2. The van der Waals surface area contributed by atoms with E-state index in [0.717, 1.165) is 11.4 Å². The van der Waals surface area contributed by atoms with E-state index in [4.69, 9.17) is 5.26 Å². The molecule has 34 heavy (non-hydrogen) atoms. The molecule has 1 aliphatic rings. The molecule has 0 spiro atoms. The van der Waals surface area contributed by atoms with E-state index in [1.165, 1.54) is 34.6 Å². The number of fused-ring (bicyclic) bond motifs is 1.